The summed E-state index contributed by atoms with van der Waals surface area (Å²) < 4.78 is 11.0. The molecule has 2 bridgehead atoms. The normalized spacial score (nSPS) is 30.0. The van der Waals surface area contributed by atoms with E-state index in [1.165, 1.54) is 25.9 Å². The lowest BCUT2D eigenvalue weighted by atomic mass is 9.55. The van der Waals surface area contributed by atoms with E-state index in [4.69, 9.17) is 9.47 Å². The number of rotatable bonds is 4. The largest absolute Gasteiger partial charge is 0.497 e. The minimum Gasteiger partial charge on any atom is -0.497 e. The maximum Gasteiger partial charge on any atom is 0.317 e. The van der Waals surface area contributed by atoms with Gasteiger partial charge in [0, 0.05) is 12.6 Å². The number of hydrogen-bond donors (Lipinski definition) is 0. The van der Waals surface area contributed by atoms with Crippen molar-refractivity contribution in [2.75, 3.05) is 26.7 Å². The summed E-state index contributed by atoms with van der Waals surface area (Å²) in [6.45, 7) is 3.50. The fourth-order valence-electron chi connectivity index (χ4n) is 4.75. The molecular weight excluding hydrogens is 326 g/mol. The summed E-state index contributed by atoms with van der Waals surface area (Å²) in [7, 11) is 1.63. The highest BCUT2D eigenvalue weighted by Gasteiger charge is 2.56. The Labute approximate surface area is 149 Å². The van der Waals surface area contributed by atoms with Gasteiger partial charge in [-0.15, -0.1) is 12.4 Å². The molecule has 0 aromatic heterocycles. The Balaban J connectivity index is 0.00000169. The maximum atomic E-state index is 13.0. The highest BCUT2D eigenvalue weighted by Crippen LogP contribution is 2.54. The molecule has 3 heterocycles. The molecule has 3 saturated heterocycles. The van der Waals surface area contributed by atoms with E-state index in [1.54, 1.807) is 13.2 Å². The number of ether oxygens (including phenoxy) is 2. The van der Waals surface area contributed by atoms with Crippen LogP contribution < -0.4 is 9.47 Å². The van der Waals surface area contributed by atoms with Crippen molar-refractivity contribution in [3.63, 3.8) is 0 Å². The van der Waals surface area contributed by atoms with Crippen molar-refractivity contribution in [3.8, 4) is 11.5 Å². The second kappa shape index (κ2) is 6.93. The van der Waals surface area contributed by atoms with Crippen molar-refractivity contribution in [1.29, 1.82) is 0 Å². The molecule has 132 valence electrons. The van der Waals surface area contributed by atoms with Gasteiger partial charge in [-0.3, -0.25) is 4.79 Å². The Morgan fingerprint density at radius 2 is 1.92 bits per heavy atom. The summed E-state index contributed by atoms with van der Waals surface area (Å²) in [5, 5.41) is 0. The quantitative estimate of drug-likeness (QED) is 0.614. The van der Waals surface area contributed by atoms with Gasteiger partial charge in [-0.05, 0) is 62.7 Å². The zero-order valence-electron chi connectivity index (χ0n) is 14.2. The van der Waals surface area contributed by atoms with Crippen LogP contribution in [0.4, 0.5) is 0 Å². The number of methoxy groups -OCH3 is 1. The van der Waals surface area contributed by atoms with Crippen molar-refractivity contribution < 1.29 is 14.3 Å². The molecule has 1 unspecified atom stereocenters. The Morgan fingerprint density at radius 3 is 2.46 bits per heavy atom. The van der Waals surface area contributed by atoms with Crippen LogP contribution in [0, 0.1) is 17.3 Å². The molecule has 24 heavy (non-hydrogen) atoms. The van der Waals surface area contributed by atoms with Crippen LogP contribution in [0.1, 0.15) is 32.1 Å². The summed E-state index contributed by atoms with van der Waals surface area (Å²) in [6, 6.07) is 7.36. The Bertz CT molecular complexity index is 594. The zero-order valence-corrected chi connectivity index (χ0v) is 15.0. The van der Waals surface area contributed by atoms with E-state index >= 15 is 0 Å². The molecule has 0 amide bonds. The minimum atomic E-state index is -0.243. The monoisotopic (exact) mass is 351 g/mol. The Morgan fingerprint density at radius 1 is 1.21 bits per heavy atom. The summed E-state index contributed by atoms with van der Waals surface area (Å²) in [6.07, 6.45) is 5.63. The van der Waals surface area contributed by atoms with Crippen LogP contribution in [0.5, 0.6) is 11.5 Å². The molecule has 1 aromatic carbocycles. The number of nitrogens with zero attached hydrogens (tertiary/aromatic N) is 1. The third-order valence-corrected chi connectivity index (χ3v) is 6.27. The lowest BCUT2D eigenvalue weighted by Crippen LogP contribution is -2.58. The molecule has 1 atom stereocenters. The van der Waals surface area contributed by atoms with Crippen molar-refractivity contribution in [2.45, 2.75) is 32.1 Å². The van der Waals surface area contributed by atoms with E-state index in [9.17, 15) is 4.79 Å². The van der Waals surface area contributed by atoms with Crippen LogP contribution in [-0.2, 0) is 4.79 Å². The number of esters is 1. The first-order chi connectivity index (χ1) is 11.2. The van der Waals surface area contributed by atoms with Gasteiger partial charge < -0.3 is 14.4 Å². The van der Waals surface area contributed by atoms with E-state index in [0.29, 0.717) is 17.6 Å². The van der Waals surface area contributed by atoms with Gasteiger partial charge in [-0.2, -0.15) is 0 Å². The van der Waals surface area contributed by atoms with E-state index in [0.717, 1.165) is 31.6 Å². The highest BCUT2D eigenvalue weighted by molar-refractivity contribution is 5.85. The van der Waals surface area contributed by atoms with Gasteiger partial charge in [0.1, 0.15) is 11.5 Å². The van der Waals surface area contributed by atoms with Gasteiger partial charge >= 0.3 is 5.97 Å². The predicted molar refractivity (Wildman–Crippen MR) is 94.8 cm³/mol. The number of piperidine rings is 3. The fraction of sp³-hybridized carbons (Fsp3) is 0.632. The average molecular weight is 352 g/mol. The fourth-order valence-corrected chi connectivity index (χ4v) is 4.75. The second-order valence-corrected chi connectivity index (χ2v) is 7.32. The Hall–Kier alpha value is -1.26. The van der Waals surface area contributed by atoms with Gasteiger partial charge in [0.05, 0.1) is 12.5 Å². The molecule has 3 aliphatic heterocycles. The second-order valence-electron chi connectivity index (χ2n) is 7.32. The summed E-state index contributed by atoms with van der Waals surface area (Å²) in [5.74, 6) is 2.49. The van der Waals surface area contributed by atoms with Gasteiger partial charge in [0.25, 0.3) is 0 Å². The van der Waals surface area contributed by atoms with Gasteiger partial charge in [-0.1, -0.05) is 12.5 Å². The first-order valence-corrected chi connectivity index (χ1v) is 8.80. The molecule has 0 N–H and O–H groups in total. The van der Waals surface area contributed by atoms with Gasteiger partial charge in [-0.25, -0.2) is 0 Å². The molecule has 1 saturated carbocycles. The molecule has 4 aliphatic rings. The molecule has 4 nitrogen and oxygen atoms in total. The molecule has 0 spiro atoms. The summed E-state index contributed by atoms with van der Waals surface area (Å²) >= 11 is 0. The number of fused-ring (bicyclic) bond motifs is 3. The highest BCUT2D eigenvalue weighted by atomic mass is 35.5. The van der Waals surface area contributed by atoms with Crippen LogP contribution in [0.15, 0.2) is 24.3 Å². The van der Waals surface area contributed by atoms with Crippen molar-refractivity contribution >= 4 is 18.4 Å². The van der Waals surface area contributed by atoms with Crippen LogP contribution in [0.25, 0.3) is 0 Å². The zero-order chi connectivity index (χ0) is 15.9. The molecule has 5 rings (SSSR count). The first kappa shape index (κ1) is 17.6. The van der Waals surface area contributed by atoms with Crippen LogP contribution >= 0.6 is 12.4 Å². The van der Waals surface area contributed by atoms with Crippen molar-refractivity contribution in [1.82, 2.24) is 4.90 Å². The lowest BCUT2D eigenvalue weighted by Gasteiger charge is -2.55. The van der Waals surface area contributed by atoms with Gasteiger partial charge in [0.15, 0.2) is 0 Å². The standard InChI is InChI=1S/C19H25NO3.ClH/c1-22-15-4-2-5-16(12-15)23-18(21)19(8-3-9-19)17-13-20-10-6-14(17)7-11-20;/h2,4-5,12,14,17H,3,6-11,13H2,1H3;1H. The Kier molecular flexibility index (Phi) is 5.07. The van der Waals surface area contributed by atoms with Crippen LogP contribution in [0.2, 0.25) is 0 Å². The number of hydrogen-bond acceptors (Lipinski definition) is 4. The molecular formula is C19H26ClNO3. The van der Waals surface area contributed by atoms with E-state index < -0.39 is 0 Å². The van der Waals surface area contributed by atoms with Crippen LogP contribution in [-0.4, -0.2) is 37.6 Å². The average Bonchev–Trinajstić information content (AvgIpc) is 2.55. The minimum absolute atomic E-state index is 0. The van der Waals surface area contributed by atoms with Crippen LogP contribution in [0.3, 0.4) is 0 Å². The predicted octanol–water partition coefficient (Wildman–Crippen LogP) is 3.53. The molecule has 1 aliphatic carbocycles. The number of carbonyl (C=O) groups is 1. The maximum absolute atomic E-state index is 13.0. The topological polar surface area (TPSA) is 38.8 Å². The number of benzene rings is 1. The molecule has 0 radical (unpaired) electrons. The lowest BCUT2D eigenvalue weighted by molar-refractivity contribution is -0.165. The third kappa shape index (κ3) is 2.91. The smallest absolute Gasteiger partial charge is 0.317 e. The van der Waals surface area contributed by atoms with E-state index in [1.807, 2.05) is 18.2 Å². The van der Waals surface area contributed by atoms with Crippen molar-refractivity contribution in [3.05, 3.63) is 24.3 Å². The number of halogens is 1. The molecule has 5 heteroatoms. The SMILES string of the molecule is COc1cccc(OC(=O)C2(C3CN4CCC3CC4)CCC2)c1.Cl. The number of carbonyl (C=O) groups excluding carboxylic acids is 1. The van der Waals surface area contributed by atoms with Crippen molar-refractivity contribution in [2.24, 2.45) is 17.3 Å². The summed E-state index contributed by atoms with van der Waals surface area (Å²) in [5.41, 5.74) is -0.243. The third-order valence-electron chi connectivity index (χ3n) is 6.27. The molecule has 1 aromatic rings. The van der Waals surface area contributed by atoms with E-state index in [-0.39, 0.29) is 23.8 Å². The van der Waals surface area contributed by atoms with Gasteiger partial charge in [0.2, 0.25) is 0 Å². The first-order valence-electron chi connectivity index (χ1n) is 8.80. The molecule has 4 fully saturated rings. The van der Waals surface area contributed by atoms with E-state index in [2.05, 4.69) is 4.90 Å². The summed E-state index contributed by atoms with van der Waals surface area (Å²) in [4.78, 5) is 15.5.